The van der Waals surface area contributed by atoms with Crippen LogP contribution in [0.4, 0.5) is 0 Å². The summed E-state index contributed by atoms with van der Waals surface area (Å²) in [6, 6.07) is 0. The monoisotopic (exact) mass is 278 g/mol. The molecule has 2 nitrogen and oxygen atoms in total. The minimum absolute atomic E-state index is 0.252. The summed E-state index contributed by atoms with van der Waals surface area (Å²) in [6.45, 7) is 5.18. The highest BCUT2D eigenvalue weighted by Crippen LogP contribution is 2.10. The van der Waals surface area contributed by atoms with Gasteiger partial charge < -0.3 is 9.47 Å². The van der Waals surface area contributed by atoms with E-state index in [2.05, 4.69) is 6.92 Å². The molecule has 1 atom stereocenters. The highest BCUT2D eigenvalue weighted by atomic mass is 35.5. The van der Waals surface area contributed by atoms with Crippen LogP contribution in [0.2, 0.25) is 0 Å². The average molecular weight is 279 g/mol. The molecule has 0 radical (unpaired) electrons. The normalized spacial score (nSPS) is 12.8. The van der Waals surface area contributed by atoms with Crippen molar-refractivity contribution in [2.24, 2.45) is 0 Å². The van der Waals surface area contributed by atoms with E-state index in [1.54, 1.807) is 6.92 Å². The molecule has 0 spiro atoms. The lowest BCUT2D eigenvalue weighted by Crippen LogP contribution is -2.05. The highest BCUT2D eigenvalue weighted by molar-refractivity contribution is 6.19. The maximum absolute atomic E-state index is 5.62. The van der Waals surface area contributed by atoms with Crippen LogP contribution in [-0.2, 0) is 9.47 Å². The molecule has 0 aliphatic rings. The number of rotatable bonds is 14. The zero-order valence-electron chi connectivity index (χ0n) is 12.3. The standard InChI is InChI=1S/C15H31ClO2/c1-3-4-5-6-7-8-9-10-11-12-13-17-14-18-15(2)16/h15H,3-14H2,1-2H3. The van der Waals surface area contributed by atoms with Crippen LogP contribution in [0, 0.1) is 0 Å². The Morgan fingerprint density at radius 2 is 1.33 bits per heavy atom. The zero-order valence-corrected chi connectivity index (χ0v) is 13.0. The van der Waals surface area contributed by atoms with Gasteiger partial charge in [0.15, 0.2) is 0 Å². The van der Waals surface area contributed by atoms with Crippen molar-refractivity contribution >= 4 is 11.6 Å². The van der Waals surface area contributed by atoms with E-state index in [-0.39, 0.29) is 5.56 Å². The van der Waals surface area contributed by atoms with Gasteiger partial charge in [0, 0.05) is 6.61 Å². The maximum atomic E-state index is 5.62. The van der Waals surface area contributed by atoms with Gasteiger partial charge in [0.1, 0.15) is 12.4 Å². The van der Waals surface area contributed by atoms with Gasteiger partial charge in [0.25, 0.3) is 0 Å². The van der Waals surface area contributed by atoms with Crippen molar-refractivity contribution in [2.45, 2.75) is 83.6 Å². The largest absolute Gasteiger partial charge is 0.355 e. The van der Waals surface area contributed by atoms with Crippen LogP contribution in [0.15, 0.2) is 0 Å². The van der Waals surface area contributed by atoms with Gasteiger partial charge in [-0.2, -0.15) is 0 Å². The number of ether oxygens (including phenoxy) is 2. The van der Waals surface area contributed by atoms with Crippen molar-refractivity contribution < 1.29 is 9.47 Å². The van der Waals surface area contributed by atoms with E-state index in [9.17, 15) is 0 Å². The van der Waals surface area contributed by atoms with E-state index < -0.39 is 0 Å². The van der Waals surface area contributed by atoms with Crippen molar-refractivity contribution in [2.75, 3.05) is 13.4 Å². The minimum Gasteiger partial charge on any atom is -0.355 e. The zero-order chi connectivity index (χ0) is 13.5. The smallest absolute Gasteiger partial charge is 0.148 e. The summed E-state index contributed by atoms with van der Waals surface area (Å²) in [4.78, 5) is 0. The molecular weight excluding hydrogens is 248 g/mol. The van der Waals surface area contributed by atoms with E-state index in [1.807, 2.05) is 0 Å². The summed E-state index contributed by atoms with van der Waals surface area (Å²) >= 11 is 5.62. The Hall–Kier alpha value is 0.210. The van der Waals surface area contributed by atoms with Crippen molar-refractivity contribution in [3.63, 3.8) is 0 Å². The fourth-order valence-electron chi connectivity index (χ4n) is 1.89. The highest BCUT2D eigenvalue weighted by Gasteiger charge is 1.95. The second kappa shape index (κ2) is 15.3. The Morgan fingerprint density at radius 1 is 0.833 bits per heavy atom. The summed E-state index contributed by atoms with van der Waals surface area (Å²) in [7, 11) is 0. The van der Waals surface area contributed by atoms with Crippen LogP contribution in [0.25, 0.3) is 0 Å². The Morgan fingerprint density at radius 3 is 1.83 bits per heavy atom. The third kappa shape index (κ3) is 16.2. The molecule has 0 amide bonds. The van der Waals surface area contributed by atoms with Crippen LogP contribution in [0.1, 0.15) is 78.1 Å². The topological polar surface area (TPSA) is 18.5 Å². The number of unbranched alkanes of at least 4 members (excludes halogenated alkanes) is 9. The molecule has 0 fully saturated rings. The molecule has 1 unspecified atom stereocenters. The van der Waals surface area contributed by atoms with E-state index >= 15 is 0 Å². The van der Waals surface area contributed by atoms with Crippen molar-refractivity contribution in [3.05, 3.63) is 0 Å². The summed E-state index contributed by atoms with van der Waals surface area (Å²) in [6.07, 6.45) is 13.5. The summed E-state index contributed by atoms with van der Waals surface area (Å²) < 4.78 is 10.4. The van der Waals surface area contributed by atoms with Gasteiger partial charge in [-0.1, -0.05) is 76.3 Å². The van der Waals surface area contributed by atoms with Crippen molar-refractivity contribution in [1.29, 1.82) is 0 Å². The molecule has 3 heteroatoms. The van der Waals surface area contributed by atoms with Crippen LogP contribution >= 0.6 is 11.6 Å². The average Bonchev–Trinajstić information content (AvgIpc) is 2.34. The Balaban J connectivity index is 2.90. The Labute approximate surface area is 118 Å². The van der Waals surface area contributed by atoms with Gasteiger partial charge in [0.05, 0.1) is 0 Å². The molecule has 18 heavy (non-hydrogen) atoms. The van der Waals surface area contributed by atoms with Gasteiger partial charge in [-0.3, -0.25) is 0 Å². The van der Waals surface area contributed by atoms with Crippen LogP contribution in [-0.4, -0.2) is 19.0 Å². The first-order valence-corrected chi connectivity index (χ1v) is 8.04. The molecule has 110 valence electrons. The van der Waals surface area contributed by atoms with Gasteiger partial charge in [-0.15, -0.1) is 0 Å². The van der Waals surface area contributed by atoms with Crippen molar-refractivity contribution in [1.82, 2.24) is 0 Å². The molecule has 0 aromatic rings. The third-order valence-corrected chi connectivity index (χ3v) is 3.15. The van der Waals surface area contributed by atoms with Gasteiger partial charge in [0.2, 0.25) is 0 Å². The van der Waals surface area contributed by atoms with E-state index in [1.165, 1.54) is 57.8 Å². The molecule has 0 saturated carbocycles. The predicted molar refractivity (Wildman–Crippen MR) is 79.1 cm³/mol. The van der Waals surface area contributed by atoms with Crippen LogP contribution in [0.5, 0.6) is 0 Å². The SMILES string of the molecule is CCCCCCCCCCCCOCOC(C)Cl. The van der Waals surface area contributed by atoms with E-state index in [0.29, 0.717) is 6.79 Å². The molecule has 0 N–H and O–H groups in total. The van der Waals surface area contributed by atoms with Crippen LogP contribution in [0.3, 0.4) is 0 Å². The second-order valence-corrected chi connectivity index (χ2v) is 5.53. The number of halogens is 1. The lowest BCUT2D eigenvalue weighted by atomic mass is 10.1. The minimum atomic E-state index is -0.252. The second-order valence-electron chi connectivity index (χ2n) is 4.92. The summed E-state index contributed by atoms with van der Waals surface area (Å²) in [5.74, 6) is 0. The third-order valence-electron chi connectivity index (χ3n) is 3.02. The molecule has 0 saturated heterocycles. The lowest BCUT2D eigenvalue weighted by Gasteiger charge is -2.06. The van der Waals surface area contributed by atoms with Gasteiger partial charge in [-0.05, 0) is 13.3 Å². The summed E-state index contributed by atoms with van der Waals surface area (Å²) in [5.41, 5.74) is -0.252. The van der Waals surface area contributed by atoms with Crippen LogP contribution < -0.4 is 0 Å². The molecular formula is C15H31ClO2. The molecule has 0 heterocycles. The Kier molecular flexibility index (Phi) is 15.4. The number of hydrogen-bond acceptors (Lipinski definition) is 2. The van der Waals surface area contributed by atoms with Crippen molar-refractivity contribution in [3.8, 4) is 0 Å². The fraction of sp³-hybridized carbons (Fsp3) is 1.00. The molecule has 0 aromatic heterocycles. The molecule has 0 aromatic carbocycles. The Bertz CT molecular complexity index is 151. The van der Waals surface area contributed by atoms with Gasteiger partial charge in [-0.25, -0.2) is 0 Å². The first-order valence-electron chi connectivity index (χ1n) is 7.60. The lowest BCUT2D eigenvalue weighted by molar-refractivity contribution is -0.0621. The first-order chi connectivity index (χ1) is 8.77. The molecule has 0 rings (SSSR count). The summed E-state index contributed by atoms with van der Waals surface area (Å²) in [5, 5.41) is 0. The number of hydrogen-bond donors (Lipinski definition) is 0. The fourth-order valence-corrected chi connectivity index (χ4v) is 1.94. The number of alkyl halides is 1. The molecule has 0 aliphatic heterocycles. The molecule has 0 bridgehead atoms. The predicted octanol–water partition coefficient (Wildman–Crippen LogP) is 5.48. The van der Waals surface area contributed by atoms with E-state index in [0.717, 1.165) is 13.0 Å². The van der Waals surface area contributed by atoms with Gasteiger partial charge >= 0.3 is 0 Å². The molecule has 0 aliphatic carbocycles. The van der Waals surface area contributed by atoms with E-state index in [4.69, 9.17) is 21.1 Å². The first kappa shape index (κ1) is 18.2. The maximum Gasteiger partial charge on any atom is 0.148 e. The quantitative estimate of drug-likeness (QED) is 0.238.